The Balaban J connectivity index is 1.20. The second-order valence-electron chi connectivity index (χ2n) is 8.94. The maximum atomic E-state index is 12.5. The minimum Gasteiger partial charge on any atom is -0.406 e. The third-order valence-electron chi connectivity index (χ3n) is 6.14. The van der Waals surface area contributed by atoms with Crippen molar-refractivity contribution in [2.45, 2.75) is 26.1 Å². The molecule has 2 heterocycles. The molecule has 0 aliphatic carbocycles. The van der Waals surface area contributed by atoms with Crippen LogP contribution in [-0.2, 0) is 17.6 Å². The quantitative estimate of drug-likeness (QED) is 0.235. The predicted octanol–water partition coefficient (Wildman–Crippen LogP) is 6.26. The summed E-state index contributed by atoms with van der Waals surface area (Å²) < 4.78 is 42.4. The average Bonchev–Trinajstić information content (AvgIpc) is 3.60. The molecule has 1 aliphatic heterocycles. The Labute approximate surface area is 242 Å². The van der Waals surface area contributed by atoms with Crippen molar-refractivity contribution in [3.8, 4) is 22.8 Å². The van der Waals surface area contributed by atoms with E-state index in [1.165, 1.54) is 58.2 Å². The number of aromatic nitrogens is 3. The summed E-state index contributed by atoms with van der Waals surface area (Å²) in [4.78, 5) is 38.7. The molecule has 3 amide bonds. The highest BCUT2D eigenvalue weighted by molar-refractivity contribution is 8.15. The van der Waals surface area contributed by atoms with Crippen LogP contribution in [0.1, 0.15) is 18.1 Å². The standard InChI is InChI=1S/C29H23F3N6O3S/c1-2-20-5-3-4-6-24(20)38-25(39)17-42-28(38)35-27(40)33-16-15-19-7-9-21(10-8-19)26-34-18-37(36-26)22-11-13-23(14-12-22)41-29(30,31)32/h3-14,16,18H,2,15,17H2,1H3. The van der Waals surface area contributed by atoms with Crippen molar-refractivity contribution in [1.29, 1.82) is 0 Å². The Morgan fingerprint density at radius 3 is 2.52 bits per heavy atom. The van der Waals surface area contributed by atoms with E-state index in [0.29, 0.717) is 23.1 Å². The summed E-state index contributed by atoms with van der Waals surface area (Å²) in [5.41, 5.74) is 3.83. The number of urea groups is 1. The van der Waals surface area contributed by atoms with Crippen LogP contribution in [-0.4, -0.2) is 50.2 Å². The molecular formula is C29H23F3N6O3S. The lowest BCUT2D eigenvalue weighted by molar-refractivity contribution is -0.274. The molecule has 1 aromatic heterocycles. The van der Waals surface area contributed by atoms with Gasteiger partial charge in [0.1, 0.15) is 12.1 Å². The lowest BCUT2D eigenvalue weighted by Gasteiger charge is -2.18. The number of halogens is 3. The van der Waals surface area contributed by atoms with Crippen LogP contribution < -0.4 is 9.64 Å². The Morgan fingerprint density at radius 2 is 1.81 bits per heavy atom. The molecule has 0 unspecified atom stereocenters. The fraction of sp³-hybridized carbons (Fsp3) is 0.172. The third kappa shape index (κ3) is 6.92. The first-order valence-electron chi connectivity index (χ1n) is 12.8. The van der Waals surface area contributed by atoms with Crippen molar-refractivity contribution in [2.24, 2.45) is 9.98 Å². The summed E-state index contributed by atoms with van der Waals surface area (Å²) >= 11 is 1.20. The van der Waals surface area contributed by atoms with Gasteiger partial charge in [0.2, 0.25) is 5.91 Å². The van der Waals surface area contributed by atoms with E-state index < -0.39 is 12.4 Å². The van der Waals surface area contributed by atoms with E-state index in [1.54, 1.807) is 0 Å². The van der Waals surface area contributed by atoms with Crippen LogP contribution in [0.15, 0.2) is 89.1 Å². The minimum absolute atomic E-state index is 0.135. The van der Waals surface area contributed by atoms with E-state index >= 15 is 0 Å². The summed E-state index contributed by atoms with van der Waals surface area (Å²) in [6.45, 7) is 2.00. The second-order valence-corrected chi connectivity index (χ2v) is 9.89. The normalized spacial score (nSPS) is 14.7. The fourth-order valence-corrected chi connectivity index (χ4v) is 5.01. The number of anilines is 1. The Kier molecular flexibility index (Phi) is 8.48. The first-order valence-corrected chi connectivity index (χ1v) is 13.7. The molecule has 1 saturated heterocycles. The lowest BCUT2D eigenvalue weighted by Crippen LogP contribution is -2.30. The van der Waals surface area contributed by atoms with Crippen LogP contribution >= 0.6 is 11.8 Å². The van der Waals surface area contributed by atoms with E-state index in [9.17, 15) is 22.8 Å². The number of carbonyl (C=O) groups excluding carboxylic acids is 2. The maximum Gasteiger partial charge on any atom is 0.573 e. The number of thioether (sulfide) groups is 1. The van der Waals surface area contributed by atoms with Crippen molar-refractivity contribution in [3.63, 3.8) is 0 Å². The van der Waals surface area contributed by atoms with Gasteiger partial charge in [0.05, 0.1) is 17.1 Å². The number of alkyl halides is 3. The number of hydrogen-bond donors (Lipinski definition) is 0. The van der Waals surface area contributed by atoms with Crippen molar-refractivity contribution in [2.75, 3.05) is 10.7 Å². The van der Waals surface area contributed by atoms with Gasteiger partial charge in [-0.15, -0.1) is 18.3 Å². The SMILES string of the molecule is CCc1ccccc1N1C(=O)CSC1=NC(=O)N=CCc1ccc(-c2ncn(-c3ccc(OC(F)(F)F)cc3)n2)cc1. The van der Waals surface area contributed by atoms with Crippen molar-refractivity contribution < 1.29 is 27.5 Å². The number of hydrogen-bond acceptors (Lipinski definition) is 6. The number of benzene rings is 3. The lowest BCUT2D eigenvalue weighted by atomic mass is 10.1. The van der Waals surface area contributed by atoms with Gasteiger partial charge in [-0.05, 0) is 47.9 Å². The zero-order valence-corrected chi connectivity index (χ0v) is 23.0. The molecule has 3 aromatic carbocycles. The highest BCUT2D eigenvalue weighted by atomic mass is 32.2. The van der Waals surface area contributed by atoms with Gasteiger partial charge in [-0.25, -0.2) is 19.5 Å². The van der Waals surface area contributed by atoms with Crippen LogP contribution in [0.3, 0.4) is 0 Å². The molecule has 0 atom stereocenters. The molecule has 1 fully saturated rings. The number of carbonyl (C=O) groups is 2. The maximum absolute atomic E-state index is 12.5. The molecule has 5 rings (SSSR count). The topological polar surface area (TPSA) is 102 Å². The first kappa shape index (κ1) is 28.7. The number of rotatable bonds is 7. The fourth-order valence-electron chi connectivity index (χ4n) is 4.16. The van der Waals surface area contributed by atoms with Gasteiger partial charge in [-0.1, -0.05) is 61.2 Å². The molecule has 0 N–H and O–H groups in total. The average molecular weight is 593 g/mol. The number of para-hydroxylation sites is 1. The largest absolute Gasteiger partial charge is 0.573 e. The van der Waals surface area contributed by atoms with Gasteiger partial charge in [-0.2, -0.15) is 4.99 Å². The summed E-state index contributed by atoms with van der Waals surface area (Å²) in [5, 5.41) is 4.70. The molecule has 42 heavy (non-hydrogen) atoms. The summed E-state index contributed by atoms with van der Waals surface area (Å²) in [6.07, 6.45) is -0.727. The van der Waals surface area contributed by atoms with E-state index in [-0.39, 0.29) is 17.4 Å². The van der Waals surface area contributed by atoms with Gasteiger partial charge < -0.3 is 4.74 Å². The molecule has 0 spiro atoms. The molecule has 13 heteroatoms. The number of aryl methyl sites for hydroxylation is 1. The molecule has 4 aromatic rings. The molecule has 0 radical (unpaired) electrons. The summed E-state index contributed by atoms with van der Waals surface area (Å²) in [6, 6.07) is 19.4. The molecule has 0 bridgehead atoms. The molecule has 0 saturated carbocycles. The summed E-state index contributed by atoms with van der Waals surface area (Å²) in [5.74, 6) is 0.169. The second kappa shape index (κ2) is 12.4. The number of amides is 3. The third-order valence-corrected chi connectivity index (χ3v) is 7.06. The van der Waals surface area contributed by atoms with Gasteiger partial charge in [0, 0.05) is 18.2 Å². The number of nitrogens with zero attached hydrogens (tertiary/aromatic N) is 6. The van der Waals surface area contributed by atoms with E-state index in [1.807, 2.05) is 55.5 Å². The summed E-state index contributed by atoms with van der Waals surface area (Å²) in [7, 11) is 0. The zero-order chi connectivity index (χ0) is 29.7. The molecule has 9 nitrogen and oxygen atoms in total. The number of ether oxygens (including phenoxy) is 1. The zero-order valence-electron chi connectivity index (χ0n) is 22.2. The Hall–Kier alpha value is -4.78. The Bertz CT molecular complexity index is 1650. The van der Waals surface area contributed by atoms with Crippen LogP contribution in [0.4, 0.5) is 23.7 Å². The smallest absolute Gasteiger partial charge is 0.406 e. The van der Waals surface area contributed by atoms with Crippen LogP contribution in [0.25, 0.3) is 17.1 Å². The predicted molar refractivity (Wildman–Crippen MR) is 154 cm³/mol. The van der Waals surface area contributed by atoms with E-state index in [4.69, 9.17) is 0 Å². The van der Waals surface area contributed by atoms with Crippen molar-refractivity contribution >= 4 is 40.8 Å². The van der Waals surface area contributed by atoms with Gasteiger partial charge in [-0.3, -0.25) is 9.69 Å². The number of aliphatic imine (C=N–C) groups is 2. The number of amidine groups is 1. The monoisotopic (exact) mass is 592 g/mol. The first-order chi connectivity index (χ1) is 20.2. The van der Waals surface area contributed by atoms with Crippen LogP contribution in [0.2, 0.25) is 0 Å². The molecular weight excluding hydrogens is 569 g/mol. The Morgan fingerprint density at radius 1 is 1.07 bits per heavy atom. The van der Waals surface area contributed by atoms with Crippen LogP contribution in [0.5, 0.6) is 5.75 Å². The van der Waals surface area contributed by atoms with Crippen LogP contribution in [0, 0.1) is 0 Å². The van der Waals surface area contributed by atoms with Crippen molar-refractivity contribution in [3.05, 3.63) is 90.3 Å². The van der Waals surface area contributed by atoms with Gasteiger partial charge in [0.25, 0.3) is 0 Å². The molecule has 214 valence electrons. The highest BCUT2D eigenvalue weighted by Gasteiger charge is 2.32. The molecule has 1 aliphatic rings. The minimum atomic E-state index is -4.76. The van der Waals surface area contributed by atoms with Gasteiger partial charge in [0.15, 0.2) is 11.0 Å². The van der Waals surface area contributed by atoms with Gasteiger partial charge >= 0.3 is 12.4 Å². The highest BCUT2D eigenvalue weighted by Crippen LogP contribution is 2.30. The van der Waals surface area contributed by atoms with Crippen molar-refractivity contribution in [1.82, 2.24) is 14.8 Å². The van der Waals surface area contributed by atoms with E-state index in [0.717, 1.165) is 28.8 Å². The van der Waals surface area contributed by atoms with E-state index in [2.05, 4.69) is 24.8 Å².